The smallest absolute Gasteiger partial charge is 0.340 e. The van der Waals surface area contributed by atoms with Crippen molar-refractivity contribution in [3.63, 3.8) is 0 Å². The summed E-state index contributed by atoms with van der Waals surface area (Å²) >= 11 is 0. The van der Waals surface area contributed by atoms with Gasteiger partial charge in [0.25, 0.3) is 0 Å². The van der Waals surface area contributed by atoms with Gasteiger partial charge in [0, 0.05) is 22.8 Å². The molecule has 0 aliphatic carbocycles. The number of nitrogens with one attached hydrogen (secondary N) is 1. The van der Waals surface area contributed by atoms with Crippen LogP contribution in [0.15, 0.2) is 30.6 Å². The molecule has 4 rings (SSSR count). The van der Waals surface area contributed by atoms with Gasteiger partial charge in [-0.05, 0) is 44.5 Å². The molecule has 0 bridgehead atoms. The van der Waals surface area contributed by atoms with Crippen LogP contribution in [0.5, 0.6) is 11.5 Å². The summed E-state index contributed by atoms with van der Waals surface area (Å²) in [7, 11) is 0. The number of fused-ring (bicyclic) bond motifs is 2. The van der Waals surface area contributed by atoms with E-state index in [4.69, 9.17) is 9.47 Å². The lowest BCUT2D eigenvalue weighted by Gasteiger charge is -2.11. The molecule has 146 valence electrons. The van der Waals surface area contributed by atoms with Gasteiger partial charge in [0.15, 0.2) is 17.3 Å². The fourth-order valence-corrected chi connectivity index (χ4v) is 3.33. The van der Waals surface area contributed by atoms with E-state index in [1.165, 1.54) is 23.0 Å². The summed E-state index contributed by atoms with van der Waals surface area (Å²) in [6, 6.07) is 6.91. The number of rotatable bonds is 4. The number of hydrogen-bond donors (Lipinski definition) is 1. The second kappa shape index (κ2) is 6.95. The van der Waals surface area contributed by atoms with Crippen LogP contribution in [0.3, 0.4) is 0 Å². The highest BCUT2D eigenvalue weighted by molar-refractivity contribution is 5.95. The summed E-state index contributed by atoms with van der Waals surface area (Å²) in [6.45, 7) is 5.48. The largest absolute Gasteiger partial charge is 0.462 e. The normalized spacial score (nSPS) is 11.0. The molecule has 0 saturated carbocycles. The van der Waals surface area contributed by atoms with E-state index in [1.54, 1.807) is 26.0 Å². The molecule has 0 spiro atoms. The Bertz CT molecular complexity index is 1310. The summed E-state index contributed by atoms with van der Waals surface area (Å²) in [5.41, 5.74) is 2.83. The van der Waals surface area contributed by atoms with E-state index in [1.807, 2.05) is 13.0 Å². The first kappa shape index (κ1) is 18.5. The summed E-state index contributed by atoms with van der Waals surface area (Å²) < 4.78 is 27.4. The number of aromatic amines is 1. The maximum Gasteiger partial charge on any atom is 0.340 e. The van der Waals surface area contributed by atoms with Crippen molar-refractivity contribution in [2.24, 2.45) is 0 Å². The monoisotopic (exact) mass is 392 g/mol. The second-order valence-electron chi connectivity index (χ2n) is 6.57. The van der Waals surface area contributed by atoms with E-state index < -0.39 is 11.8 Å². The molecule has 0 saturated heterocycles. The van der Waals surface area contributed by atoms with Gasteiger partial charge in [-0.3, -0.25) is 0 Å². The van der Waals surface area contributed by atoms with Crippen LogP contribution >= 0.6 is 0 Å². The van der Waals surface area contributed by atoms with Crippen LogP contribution in [-0.4, -0.2) is 27.2 Å². The summed E-state index contributed by atoms with van der Waals surface area (Å²) in [5, 5.41) is 14.1. The third-order valence-electron chi connectivity index (χ3n) is 4.68. The van der Waals surface area contributed by atoms with Crippen LogP contribution in [0, 0.1) is 31.0 Å². The lowest BCUT2D eigenvalue weighted by Crippen LogP contribution is -2.04. The molecule has 4 aromatic rings. The van der Waals surface area contributed by atoms with Crippen LogP contribution in [0.2, 0.25) is 0 Å². The molecular weight excluding hydrogens is 375 g/mol. The fraction of sp³-hybridized carbons (Fsp3) is 0.190. The van der Waals surface area contributed by atoms with E-state index in [0.29, 0.717) is 27.5 Å². The average Bonchev–Trinajstić information content (AvgIpc) is 3.24. The predicted molar refractivity (Wildman–Crippen MR) is 104 cm³/mol. The molecule has 1 aromatic carbocycles. The highest BCUT2D eigenvalue weighted by Crippen LogP contribution is 2.36. The second-order valence-corrected chi connectivity index (χ2v) is 6.57. The van der Waals surface area contributed by atoms with Gasteiger partial charge in [-0.25, -0.2) is 13.7 Å². The van der Waals surface area contributed by atoms with Crippen LogP contribution in [0.1, 0.15) is 34.1 Å². The van der Waals surface area contributed by atoms with Crippen molar-refractivity contribution in [3.05, 3.63) is 58.8 Å². The minimum atomic E-state index is -0.541. The number of benzene rings is 1. The molecular formula is C21H17FN4O3. The highest BCUT2D eigenvalue weighted by atomic mass is 19.1. The predicted octanol–water partition coefficient (Wildman–Crippen LogP) is 4.41. The fourth-order valence-electron chi connectivity index (χ4n) is 3.33. The number of esters is 1. The Hall–Kier alpha value is -3.86. The Labute approximate surface area is 165 Å². The van der Waals surface area contributed by atoms with E-state index in [0.717, 1.165) is 5.69 Å². The van der Waals surface area contributed by atoms with Crippen LogP contribution in [-0.2, 0) is 4.74 Å². The third-order valence-corrected chi connectivity index (χ3v) is 4.68. The Morgan fingerprint density at radius 2 is 2.17 bits per heavy atom. The lowest BCUT2D eigenvalue weighted by molar-refractivity contribution is 0.0525. The number of ether oxygens (including phenoxy) is 2. The van der Waals surface area contributed by atoms with Crippen molar-refractivity contribution in [2.75, 3.05) is 6.61 Å². The van der Waals surface area contributed by atoms with Crippen molar-refractivity contribution in [2.45, 2.75) is 20.8 Å². The summed E-state index contributed by atoms with van der Waals surface area (Å²) in [5.74, 6) is -0.948. The SMILES string of the molecule is CCOC(=O)c1cn2ncc(C#N)c(Oc3ccc4[nH]c(C)cc4c3F)c2c1C. The van der Waals surface area contributed by atoms with Gasteiger partial charge in [-0.1, -0.05) is 0 Å². The molecule has 0 aliphatic heterocycles. The molecule has 0 amide bonds. The standard InChI is InChI=1S/C21H17FN4O3/c1-4-28-21(27)15-10-26-19(12(15)3)20(13(8-23)9-24-26)29-17-6-5-16-14(18(17)22)7-11(2)25-16/h5-7,9-10,25H,4H2,1-3H3. The molecule has 3 aromatic heterocycles. The minimum absolute atomic E-state index is 0.0283. The number of hydrogen-bond acceptors (Lipinski definition) is 5. The van der Waals surface area contributed by atoms with Crippen LogP contribution in [0.25, 0.3) is 16.4 Å². The Balaban J connectivity index is 1.90. The zero-order chi connectivity index (χ0) is 20.7. The third kappa shape index (κ3) is 2.97. The molecule has 0 unspecified atom stereocenters. The Morgan fingerprint density at radius 3 is 2.90 bits per heavy atom. The number of nitriles is 1. The van der Waals surface area contributed by atoms with E-state index >= 15 is 4.39 Å². The maximum absolute atomic E-state index is 15.0. The van der Waals surface area contributed by atoms with Gasteiger partial charge in [-0.2, -0.15) is 10.4 Å². The van der Waals surface area contributed by atoms with Crippen molar-refractivity contribution < 1.29 is 18.7 Å². The molecule has 1 N–H and O–H groups in total. The van der Waals surface area contributed by atoms with E-state index in [-0.39, 0.29) is 23.7 Å². The average molecular weight is 392 g/mol. The highest BCUT2D eigenvalue weighted by Gasteiger charge is 2.22. The van der Waals surface area contributed by atoms with Gasteiger partial charge >= 0.3 is 5.97 Å². The first-order valence-electron chi connectivity index (χ1n) is 8.98. The van der Waals surface area contributed by atoms with E-state index in [9.17, 15) is 10.1 Å². The number of nitrogens with zero attached hydrogens (tertiary/aromatic N) is 3. The number of carbonyl (C=O) groups excluding carboxylic acids is 1. The summed E-state index contributed by atoms with van der Waals surface area (Å²) in [6.07, 6.45) is 2.82. The van der Waals surface area contributed by atoms with Gasteiger partial charge in [0.05, 0.1) is 18.4 Å². The molecule has 0 radical (unpaired) electrons. The van der Waals surface area contributed by atoms with Crippen molar-refractivity contribution in [3.8, 4) is 17.6 Å². The number of halogens is 1. The number of aromatic nitrogens is 3. The lowest BCUT2D eigenvalue weighted by atomic mass is 10.1. The molecule has 29 heavy (non-hydrogen) atoms. The van der Waals surface area contributed by atoms with E-state index in [2.05, 4.69) is 10.1 Å². The van der Waals surface area contributed by atoms with Crippen molar-refractivity contribution in [1.82, 2.24) is 14.6 Å². The number of carbonyl (C=O) groups is 1. The Kier molecular flexibility index (Phi) is 4.43. The zero-order valence-electron chi connectivity index (χ0n) is 16.0. The first-order valence-corrected chi connectivity index (χ1v) is 8.98. The molecule has 3 heterocycles. The summed E-state index contributed by atoms with van der Waals surface area (Å²) in [4.78, 5) is 15.3. The van der Waals surface area contributed by atoms with Crippen molar-refractivity contribution in [1.29, 1.82) is 5.26 Å². The molecule has 7 nitrogen and oxygen atoms in total. The van der Waals surface area contributed by atoms with Crippen LogP contribution in [0.4, 0.5) is 4.39 Å². The molecule has 0 fully saturated rings. The molecule has 8 heteroatoms. The Morgan fingerprint density at radius 1 is 1.38 bits per heavy atom. The zero-order valence-corrected chi connectivity index (χ0v) is 16.0. The maximum atomic E-state index is 15.0. The van der Waals surface area contributed by atoms with Gasteiger partial charge < -0.3 is 14.5 Å². The van der Waals surface area contributed by atoms with Gasteiger partial charge in [0.1, 0.15) is 17.1 Å². The quantitative estimate of drug-likeness (QED) is 0.519. The molecule has 0 atom stereocenters. The molecule has 0 aliphatic rings. The number of aryl methyl sites for hydroxylation is 2. The topological polar surface area (TPSA) is 92.4 Å². The van der Waals surface area contributed by atoms with Gasteiger partial charge in [0.2, 0.25) is 0 Å². The van der Waals surface area contributed by atoms with Crippen molar-refractivity contribution >= 4 is 22.4 Å². The van der Waals surface area contributed by atoms with Gasteiger partial charge in [-0.15, -0.1) is 0 Å². The minimum Gasteiger partial charge on any atom is -0.462 e. The number of H-pyrrole nitrogens is 1. The first-order chi connectivity index (χ1) is 13.9. The van der Waals surface area contributed by atoms with Crippen LogP contribution < -0.4 is 4.74 Å².